The summed E-state index contributed by atoms with van der Waals surface area (Å²) in [5.41, 5.74) is 6.67. The second-order valence-electron chi connectivity index (χ2n) is 6.72. The number of rotatable bonds is 5. The fourth-order valence-electron chi connectivity index (χ4n) is 2.52. The summed E-state index contributed by atoms with van der Waals surface area (Å²) >= 11 is 3.50. The number of anilines is 1. The van der Waals surface area contributed by atoms with Gasteiger partial charge in [-0.05, 0) is 47.0 Å². The fourth-order valence-corrected chi connectivity index (χ4v) is 3.15. The van der Waals surface area contributed by atoms with Crippen LogP contribution in [-0.4, -0.2) is 55.6 Å². The summed E-state index contributed by atoms with van der Waals surface area (Å²) in [6, 6.07) is 5.20. The minimum atomic E-state index is -0.579. The van der Waals surface area contributed by atoms with E-state index in [0.29, 0.717) is 44.3 Å². The van der Waals surface area contributed by atoms with Gasteiger partial charge in [-0.15, -0.1) is 0 Å². The maximum Gasteiger partial charge on any atom is 0.409 e. The van der Waals surface area contributed by atoms with Crippen LogP contribution in [0.5, 0.6) is 0 Å². The van der Waals surface area contributed by atoms with Crippen LogP contribution in [0.1, 0.15) is 31.1 Å². The Bertz CT molecular complexity index is 711. The van der Waals surface area contributed by atoms with E-state index in [1.54, 1.807) is 17.0 Å². The standard InChI is InChI=1S/C18H25BrN4O4/c1-12(2)11-26-18(25)23-8-6-22(7-9-23)16-5-4-14(10-15(16)19)17(24)27-21-13(3)20/h4-5,10,12H,6-9,11H2,1-3H3,(H2,20,21). The summed E-state index contributed by atoms with van der Waals surface area (Å²) in [6.07, 6.45) is -0.267. The minimum absolute atomic E-state index is 0.170. The number of oxime groups is 1. The van der Waals surface area contributed by atoms with Crippen LogP contribution in [0.4, 0.5) is 10.5 Å². The van der Waals surface area contributed by atoms with Crippen molar-refractivity contribution in [1.29, 1.82) is 0 Å². The molecule has 1 aliphatic rings. The summed E-state index contributed by atoms with van der Waals surface area (Å²) in [6.45, 7) is 8.49. The van der Waals surface area contributed by atoms with Crippen LogP contribution in [0.2, 0.25) is 0 Å². The Hall–Kier alpha value is -2.29. The molecule has 8 nitrogen and oxygen atoms in total. The first-order valence-electron chi connectivity index (χ1n) is 8.75. The zero-order chi connectivity index (χ0) is 20.0. The number of hydrogen-bond acceptors (Lipinski definition) is 6. The molecular weight excluding hydrogens is 416 g/mol. The third-order valence-electron chi connectivity index (χ3n) is 3.87. The predicted molar refractivity (Wildman–Crippen MR) is 107 cm³/mol. The number of nitrogens with zero attached hydrogens (tertiary/aromatic N) is 3. The van der Waals surface area contributed by atoms with Crippen molar-refractivity contribution in [1.82, 2.24) is 4.90 Å². The number of hydrogen-bond donors (Lipinski definition) is 1. The molecule has 9 heteroatoms. The molecule has 0 radical (unpaired) electrons. The number of amides is 1. The number of amidine groups is 1. The largest absolute Gasteiger partial charge is 0.449 e. The fraction of sp³-hybridized carbons (Fsp3) is 0.500. The third-order valence-corrected chi connectivity index (χ3v) is 4.51. The Balaban J connectivity index is 1.95. The second kappa shape index (κ2) is 9.59. The number of halogens is 1. The number of carbonyl (C=O) groups excluding carboxylic acids is 2. The topological polar surface area (TPSA) is 97.5 Å². The van der Waals surface area contributed by atoms with Crippen molar-refractivity contribution in [2.24, 2.45) is 16.8 Å². The first-order chi connectivity index (χ1) is 12.8. The van der Waals surface area contributed by atoms with Gasteiger partial charge in [0.25, 0.3) is 0 Å². The van der Waals surface area contributed by atoms with Crippen molar-refractivity contribution in [3.63, 3.8) is 0 Å². The molecular formula is C18H25BrN4O4. The Morgan fingerprint density at radius 3 is 2.48 bits per heavy atom. The van der Waals surface area contributed by atoms with Crippen molar-refractivity contribution in [2.45, 2.75) is 20.8 Å². The molecule has 148 valence electrons. The van der Waals surface area contributed by atoms with Crippen molar-refractivity contribution < 1.29 is 19.2 Å². The minimum Gasteiger partial charge on any atom is -0.449 e. The van der Waals surface area contributed by atoms with E-state index >= 15 is 0 Å². The molecule has 0 aliphatic carbocycles. The van der Waals surface area contributed by atoms with Gasteiger partial charge in [0.2, 0.25) is 0 Å². The maximum atomic E-state index is 12.0. The number of piperazine rings is 1. The second-order valence-corrected chi connectivity index (χ2v) is 7.58. The lowest BCUT2D eigenvalue weighted by molar-refractivity contribution is 0.0515. The molecule has 0 unspecified atom stereocenters. The summed E-state index contributed by atoms with van der Waals surface area (Å²) in [5, 5.41) is 3.46. The maximum absolute atomic E-state index is 12.0. The van der Waals surface area contributed by atoms with Gasteiger partial charge in [0, 0.05) is 30.7 Å². The molecule has 0 saturated carbocycles. The number of ether oxygens (including phenoxy) is 1. The van der Waals surface area contributed by atoms with E-state index in [2.05, 4.69) is 26.0 Å². The summed E-state index contributed by atoms with van der Waals surface area (Å²) in [4.78, 5) is 32.6. The van der Waals surface area contributed by atoms with E-state index in [9.17, 15) is 9.59 Å². The van der Waals surface area contributed by atoms with E-state index in [1.807, 2.05) is 19.9 Å². The molecule has 0 bridgehead atoms. The lowest BCUT2D eigenvalue weighted by Gasteiger charge is -2.36. The van der Waals surface area contributed by atoms with Crippen LogP contribution in [0, 0.1) is 5.92 Å². The van der Waals surface area contributed by atoms with Gasteiger partial charge < -0.3 is 25.1 Å². The molecule has 1 saturated heterocycles. The van der Waals surface area contributed by atoms with E-state index in [1.165, 1.54) is 6.92 Å². The van der Waals surface area contributed by atoms with Gasteiger partial charge >= 0.3 is 12.1 Å². The van der Waals surface area contributed by atoms with Gasteiger partial charge in [0.1, 0.15) is 5.84 Å². The van der Waals surface area contributed by atoms with Crippen LogP contribution in [0.15, 0.2) is 27.8 Å². The van der Waals surface area contributed by atoms with Gasteiger partial charge in [-0.25, -0.2) is 9.59 Å². The molecule has 1 aliphatic heterocycles. The van der Waals surface area contributed by atoms with Gasteiger partial charge in [-0.3, -0.25) is 0 Å². The number of carbonyl (C=O) groups is 2. The average molecular weight is 441 g/mol. The van der Waals surface area contributed by atoms with Crippen LogP contribution in [-0.2, 0) is 9.57 Å². The van der Waals surface area contributed by atoms with Crippen LogP contribution in [0.3, 0.4) is 0 Å². The molecule has 1 heterocycles. The van der Waals surface area contributed by atoms with Gasteiger partial charge in [0.05, 0.1) is 17.9 Å². The molecule has 1 aromatic rings. The van der Waals surface area contributed by atoms with Crippen molar-refractivity contribution in [3.8, 4) is 0 Å². The zero-order valence-electron chi connectivity index (χ0n) is 15.8. The van der Waals surface area contributed by atoms with Crippen LogP contribution < -0.4 is 10.6 Å². The third kappa shape index (κ3) is 6.13. The smallest absolute Gasteiger partial charge is 0.409 e. The lowest BCUT2D eigenvalue weighted by Crippen LogP contribution is -2.49. The molecule has 0 spiro atoms. The monoisotopic (exact) mass is 440 g/mol. The number of nitrogens with two attached hydrogens (primary N) is 1. The molecule has 1 amide bonds. The van der Waals surface area contributed by atoms with Crippen molar-refractivity contribution in [3.05, 3.63) is 28.2 Å². The molecule has 27 heavy (non-hydrogen) atoms. The molecule has 0 aromatic heterocycles. The van der Waals surface area contributed by atoms with Gasteiger partial charge in [-0.2, -0.15) is 0 Å². The quantitative estimate of drug-likeness (QED) is 0.327. The Kier molecular flexibility index (Phi) is 7.46. The van der Waals surface area contributed by atoms with E-state index in [-0.39, 0.29) is 11.9 Å². The zero-order valence-corrected chi connectivity index (χ0v) is 17.4. The highest BCUT2D eigenvalue weighted by molar-refractivity contribution is 9.10. The summed E-state index contributed by atoms with van der Waals surface area (Å²) in [7, 11) is 0. The highest BCUT2D eigenvalue weighted by Gasteiger charge is 2.24. The molecule has 0 atom stereocenters. The van der Waals surface area contributed by atoms with Crippen molar-refractivity contribution in [2.75, 3.05) is 37.7 Å². The Morgan fingerprint density at radius 2 is 1.93 bits per heavy atom. The van der Waals surface area contributed by atoms with Gasteiger partial charge in [0.15, 0.2) is 0 Å². The van der Waals surface area contributed by atoms with Crippen LogP contribution in [0.25, 0.3) is 0 Å². The summed E-state index contributed by atoms with van der Waals surface area (Å²) in [5.74, 6) is -0.0931. The number of benzene rings is 1. The molecule has 1 aromatic carbocycles. The van der Waals surface area contributed by atoms with E-state index in [4.69, 9.17) is 15.3 Å². The van der Waals surface area contributed by atoms with Gasteiger partial charge in [-0.1, -0.05) is 19.0 Å². The predicted octanol–water partition coefficient (Wildman–Crippen LogP) is 2.81. The Morgan fingerprint density at radius 1 is 1.26 bits per heavy atom. The average Bonchev–Trinajstić information content (AvgIpc) is 2.64. The molecule has 2 N–H and O–H groups in total. The molecule has 1 fully saturated rings. The SMILES string of the molecule is CC(N)=NOC(=O)c1ccc(N2CCN(C(=O)OCC(C)C)CC2)c(Br)c1. The Labute approximate surface area is 167 Å². The lowest BCUT2D eigenvalue weighted by atomic mass is 10.2. The molecule has 2 rings (SSSR count). The first kappa shape index (κ1) is 21.0. The normalized spacial score (nSPS) is 15.1. The van der Waals surface area contributed by atoms with Crippen LogP contribution >= 0.6 is 15.9 Å². The highest BCUT2D eigenvalue weighted by Crippen LogP contribution is 2.28. The van der Waals surface area contributed by atoms with E-state index < -0.39 is 5.97 Å². The first-order valence-corrected chi connectivity index (χ1v) is 9.55. The van der Waals surface area contributed by atoms with E-state index in [0.717, 1.165) is 10.2 Å². The summed E-state index contributed by atoms with van der Waals surface area (Å²) < 4.78 is 6.04. The highest BCUT2D eigenvalue weighted by atomic mass is 79.9. The van der Waals surface area contributed by atoms with Crippen molar-refractivity contribution >= 4 is 39.5 Å².